The maximum Gasteiger partial charge on any atom is 0.279 e. The second kappa shape index (κ2) is 7.63. The minimum Gasteiger partial charge on any atom is -0.334 e. The largest absolute Gasteiger partial charge is 0.334 e. The van der Waals surface area contributed by atoms with E-state index in [0.717, 1.165) is 11.3 Å². The Labute approximate surface area is 182 Å². The molecule has 0 N–H and O–H groups in total. The quantitative estimate of drug-likeness (QED) is 0.481. The summed E-state index contributed by atoms with van der Waals surface area (Å²) in [5.74, 6) is 0.121. The average molecular weight is 438 g/mol. The van der Waals surface area contributed by atoms with E-state index in [9.17, 15) is 9.18 Å². The van der Waals surface area contributed by atoms with Gasteiger partial charge in [-0.05, 0) is 36.4 Å². The van der Waals surface area contributed by atoms with Crippen LogP contribution in [0.3, 0.4) is 0 Å². The summed E-state index contributed by atoms with van der Waals surface area (Å²) in [6, 6.07) is 12.9. The molecule has 4 aromatic rings. The predicted molar refractivity (Wildman–Crippen MR) is 112 cm³/mol. The standard InChI is InChI=1S/C22H17ClFN5O2/c1-28-18-10-11-29(22(30)15-4-2-3-5-17(15)23)12-16(18)19(26-28)21-25-20(27-31-21)13-6-8-14(24)9-7-13/h2-9H,10-12H2,1H3. The molecule has 0 saturated heterocycles. The van der Waals surface area contributed by atoms with Crippen molar-refractivity contribution in [2.45, 2.75) is 13.0 Å². The van der Waals surface area contributed by atoms with Crippen molar-refractivity contribution in [2.75, 3.05) is 6.54 Å². The molecule has 3 heterocycles. The van der Waals surface area contributed by atoms with E-state index in [1.54, 1.807) is 46.0 Å². The summed E-state index contributed by atoms with van der Waals surface area (Å²) in [6.45, 7) is 0.914. The van der Waals surface area contributed by atoms with E-state index in [-0.39, 0.29) is 17.6 Å². The Morgan fingerprint density at radius 2 is 1.94 bits per heavy atom. The number of aryl methyl sites for hydroxylation is 1. The molecule has 1 aliphatic rings. The minimum atomic E-state index is -0.338. The number of aromatic nitrogens is 4. The first-order chi connectivity index (χ1) is 15.0. The number of fused-ring (bicyclic) bond motifs is 1. The van der Waals surface area contributed by atoms with E-state index in [2.05, 4.69) is 15.2 Å². The summed E-state index contributed by atoms with van der Waals surface area (Å²) in [6.07, 6.45) is 0.647. The number of hydrogen-bond acceptors (Lipinski definition) is 5. The molecule has 9 heteroatoms. The summed E-state index contributed by atoms with van der Waals surface area (Å²) in [7, 11) is 1.85. The van der Waals surface area contributed by atoms with Gasteiger partial charge in [-0.1, -0.05) is 28.9 Å². The number of hydrogen-bond donors (Lipinski definition) is 0. The van der Waals surface area contributed by atoms with Gasteiger partial charge in [0.25, 0.3) is 11.8 Å². The van der Waals surface area contributed by atoms with Crippen LogP contribution in [-0.2, 0) is 20.0 Å². The highest BCUT2D eigenvalue weighted by Gasteiger charge is 2.30. The molecule has 0 aliphatic carbocycles. The summed E-state index contributed by atoms with van der Waals surface area (Å²) in [5, 5.41) is 8.99. The van der Waals surface area contributed by atoms with E-state index < -0.39 is 0 Å². The van der Waals surface area contributed by atoms with Gasteiger partial charge in [-0.25, -0.2) is 4.39 Å². The molecule has 0 saturated carbocycles. The van der Waals surface area contributed by atoms with Crippen LogP contribution in [0.2, 0.25) is 5.02 Å². The van der Waals surface area contributed by atoms with E-state index in [1.165, 1.54) is 12.1 Å². The zero-order valence-electron chi connectivity index (χ0n) is 16.5. The highest BCUT2D eigenvalue weighted by Crippen LogP contribution is 2.31. The topological polar surface area (TPSA) is 77.1 Å². The van der Waals surface area contributed by atoms with Crippen LogP contribution in [0, 0.1) is 5.82 Å². The van der Waals surface area contributed by atoms with Crippen LogP contribution >= 0.6 is 11.6 Å². The third-order valence-corrected chi connectivity index (χ3v) is 5.69. The first kappa shape index (κ1) is 19.4. The molecule has 0 atom stereocenters. The number of carbonyl (C=O) groups is 1. The Morgan fingerprint density at radius 1 is 1.16 bits per heavy atom. The van der Waals surface area contributed by atoms with Crippen molar-refractivity contribution >= 4 is 17.5 Å². The van der Waals surface area contributed by atoms with Crippen molar-refractivity contribution < 1.29 is 13.7 Å². The van der Waals surface area contributed by atoms with Crippen LogP contribution in [-0.4, -0.2) is 37.3 Å². The van der Waals surface area contributed by atoms with Crippen molar-refractivity contribution in [1.29, 1.82) is 0 Å². The minimum absolute atomic E-state index is 0.136. The maximum absolute atomic E-state index is 13.2. The number of benzene rings is 2. The van der Waals surface area contributed by atoms with Crippen LogP contribution in [0.4, 0.5) is 4.39 Å². The molecular weight excluding hydrogens is 421 g/mol. The molecule has 0 bridgehead atoms. The molecule has 156 valence electrons. The molecular formula is C22H17ClFN5O2. The summed E-state index contributed by atoms with van der Waals surface area (Å²) in [5.41, 5.74) is 3.52. The second-order valence-corrected chi connectivity index (χ2v) is 7.69. The Kier molecular flexibility index (Phi) is 4.78. The lowest BCUT2D eigenvalue weighted by molar-refractivity contribution is 0.0734. The van der Waals surface area contributed by atoms with Gasteiger partial charge in [0.05, 0.1) is 17.1 Å². The Bertz CT molecular complexity index is 1280. The van der Waals surface area contributed by atoms with Crippen LogP contribution in [0.25, 0.3) is 23.0 Å². The van der Waals surface area contributed by atoms with Crippen LogP contribution < -0.4 is 0 Å². The van der Waals surface area contributed by atoms with Crippen LogP contribution in [0.1, 0.15) is 21.6 Å². The average Bonchev–Trinajstić information content (AvgIpc) is 3.39. The molecule has 1 amide bonds. The number of halogens is 2. The molecule has 2 aromatic carbocycles. The lowest BCUT2D eigenvalue weighted by Crippen LogP contribution is -2.36. The molecule has 0 spiro atoms. The SMILES string of the molecule is Cn1nc(-c2nc(-c3ccc(F)cc3)no2)c2c1CCN(C(=O)c1ccccc1Cl)C2. The highest BCUT2D eigenvalue weighted by atomic mass is 35.5. The van der Waals surface area contributed by atoms with Gasteiger partial charge in [-0.2, -0.15) is 10.1 Å². The molecule has 5 rings (SSSR count). The van der Waals surface area contributed by atoms with Crippen molar-refractivity contribution in [3.8, 4) is 23.0 Å². The molecule has 2 aromatic heterocycles. The first-order valence-corrected chi connectivity index (χ1v) is 10.1. The van der Waals surface area contributed by atoms with E-state index >= 15 is 0 Å². The lowest BCUT2D eigenvalue weighted by Gasteiger charge is -2.27. The molecule has 1 aliphatic heterocycles. The van der Waals surface area contributed by atoms with Gasteiger partial charge in [0.15, 0.2) is 5.69 Å². The van der Waals surface area contributed by atoms with Gasteiger partial charge < -0.3 is 9.42 Å². The highest BCUT2D eigenvalue weighted by molar-refractivity contribution is 6.33. The van der Waals surface area contributed by atoms with E-state index in [1.807, 2.05) is 7.05 Å². The summed E-state index contributed by atoms with van der Waals surface area (Å²) in [4.78, 5) is 19.2. The zero-order chi connectivity index (χ0) is 21.5. The normalized spacial score (nSPS) is 13.3. The number of rotatable bonds is 3. The fourth-order valence-electron chi connectivity index (χ4n) is 3.78. The summed E-state index contributed by atoms with van der Waals surface area (Å²) >= 11 is 6.22. The Balaban J connectivity index is 1.47. The summed E-state index contributed by atoms with van der Waals surface area (Å²) < 4.78 is 20.4. The second-order valence-electron chi connectivity index (χ2n) is 7.28. The van der Waals surface area contributed by atoms with Crippen LogP contribution in [0.5, 0.6) is 0 Å². The van der Waals surface area contributed by atoms with Gasteiger partial charge in [0.1, 0.15) is 5.82 Å². The first-order valence-electron chi connectivity index (χ1n) is 9.70. The Hall–Kier alpha value is -3.52. The van der Waals surface area contributed by atoms with Crippen molar-refractivity contribution in [3.63, 3.8) is 0 Å². The molecule has 0 unspecified atom stereocenters. The number of amides is 1. The Morgan fingerprint density at radius 3 is 2.71 bits per heavy atom. The fraction of sp³-hybridized carbons (Fsp3) is 0.182. The number of carbonyl (C=O) groups excluding carboxylic acids is 1. The van der Waals surface area contributed by atoms with Gasteiger partial charge >= 0.3 is 0 Å². The zero-order valence-corrected chi connectivity index (χ0v) is 17.3. The van der Waals surface area contributed by atoms with E-state index in [0.29, 0.717) is 47.2 Å². The van der Waals surface area contributed by atoms with Gasteiger partial charge in [0, 0.05) is 36.8 Å². The number of nitrogens with zero attached hydrogens (tertiary/aromatic N) is 5. The molecule has 0 radical (unpaired) electrons. The van der Waals surface area contributed by atoms with E-state index in [4.69, 9.17) is 16.1 Å². The third kappa shape index (κ3) is 3.48. The monoisotopic (exact) mass is 437 g/mol. The van der Waals surface area contributed by atoms with Crippen molar-refractivity contribution in [3.05, 3.63) is 76.2 Å². The molecule has 0 fully saturated rings. The van der Waals surface area contributed by atoms with Crippen molar-refractivity contribution in [1.82, 2.24) is 24.8 Å². The predicted octanol–water partition coefficient (Wildman–Crippen LogP) is 4.13. The third-order valence-electron chi connectivity index (χ3n) is 5.36. The van der Waals surface area contributed by atoms with Gasteiger partial charge in [0.2, 0.25) is 5.82 Å². The van der Waals surface area contributed by atoms with Gasteiger partial charge in [-0.15, -0.1) is 0 Å². The van der Waals surface area contributed by atoms with Crippen molar-refractivity contribution in [2.24, 2.45) is 7.05 Å². The van der Waals surface area contributed by atoms with Gasteiger partial charge in [-0.3, -0.25) is 9.48 Å². The molecule has 7 nitrogen and oxygen atoms in total. The smallest absolute Gasteiger partial charge is 0.279 e. The molecule has 31 heavy (non-hydrogen) atoms. The fourth-order valence-corrected chi connectivity index (χ4v) is 3.99. The van der Waals surface area contributed by atoms with Crippen LogP contribution in [0.15, 0.2) is 53.1 Å². The maximum atomic E-state index is 13.2. The lowest BCUT2D eigenvalue weighted by atomic mass is 10.0.